The van der Waals surface area contributed by atoms with Gasteiger partial charge in [0.1, 0.15) is 11.9 Å². The fraction of sp³-hybridized carbons (Fsp3) is 0.583. The first-order chi connectivity index (χ1) is 8.99. The van der Waals surface area contributed by atoms with Gasteiger partial charge in [-0.1, -0.05) is 5.46 Å². The summed E-state index contributed by atoms with van der Waals surface area (Å²) in [5, 5.41) is 0. The minimum absolute atomic E-state index is 0. The fourth-order valence-electron chi connectivity index (χ4n) is 2.29. The SMILES string of the molecule is COC1CCCC(Oc2cncc([B-](F)(F)F)c2)C1.[K+]. The van der Waals surface area contributed by atoms with Crippen molar-refractivity contribution < 1.29 is 73.8 Å². The van der Waals surface area contributed by atoms with Crippen LogP contribution in [0.15, 0.2) is 18.5 Å². The number of methoxy groups -OCH3 is 1. The summed E-state index contributed by atoms with van der Waals surface area (Å²) in [6.45, 7) is -5.04. The molecule has 0 aliphatic heterocycles. The zero-order chi connectivity index (χ0) is 13.9. The van der Waals surface area contributed by atoms with Crippen LogP contribution in [-0.2, 0) is 4.74 Å². The van der Waals surface area contributed by atoms with E-state index in [9.17, 15) is 12.9 Å². The smallest absolute Gasteiger partial charge is 0.489 e. The Morgan fingerprint density at radius 3 is 2.55 bits per heavy atom. The van der Waals surface area contributed by atoms with Gasteiger partial charge in [-0.05, 0) is 25.3 Å². The molecule has 1 aromatic heterocycles. The Morgan fingerprint density at radius 1 is 1.20 bits per heavy atom. The quantitative estimate of drug-likeness (QED) is 0.701. The number of halogens is 3. The fourth-order valence-corrected chi connectivity index (χ4v) is 2.29. The molecule has 8 heteroatoms. The van der Waals surface area contributed by atoms with E-state index in [1.807, 2.05) is 0 Å². The molecular formula is C12H16BF3KNO2. The van der Waals surface area contributed by atoms with Crippen molar-refractivity contribution in [3.63, 3.8) is 0 Å². The molecule has 1 aliphatic carbocycles. The third kappa shape index (κ3) is 5.31. The average Bonchev–Trinajstić information content (AvgIpc) is 2.38. The topological polar surface area (TPSA) is 31.4 Å². The summed E-state index contributed by atoms with van der Waals surface area (Å²) in [4.78, 5) is 3.60. The van der Waals surface area contributed by atoms with Gasteiger partial charge < -0.3 is 22.4 Å². The number of hydrogen-bond acceptors (Lipinski definition) is 3. The molecule has 3 nitrogen and oxygen atoms in total. The Hall–Kier alpha value is 0.401. The van der Waals surface area contributed by atoms with E-state index in [4.69, 9.17) is 9.47 Å². The van der Waals surface area contributed by atoms with E-state index in [1.165, 1.54) is 6.20 Å². The number of rotatable bonds is 4. The molecule has 1 heterocycles. The third-order valence-corrected chi connectivity index (χ3v) is 3.33. The second-order valence-electron chi connectivity index (χ2n) is 4.79. The van der Waals surface area contributed by atoms with Crippen LogP contribution in [-0.4, -0.2) is 31.3 Å². The largest absolute Gasteiger partial charge is 1.00 e. The van der Waals surface area contributed by atoms with E-state index >= 15 is 0 Å². The molecule has 2 atom stereocenters. The van der Waals surface area contributed by atoms with E-state index in [0.29, 0.717) is 6.42 Å². The van der Waals surface area contributed by atoms with Crippen LogP contribution >= 0.6 is 0 Å². The Kier molecular flexibility index (Phi) is 7.51. The maximum Gasteiger partial charge on any atom is 1.00 e. The maximum absolute atomic E-state index is 12.6. The molecule has 0 amide bonds. The molecule has 0 N–H and O–H groups in total. The molecule has 0 spiro atoms. The van der Waals surface area contributed by atoms with Crippen LogP contribution in [0.1, 0.15) is 25.7 Å². The van der Waals surface area contributed by atoms with Gasteiger partial charge in [-0.15, -0.1) is 0 Å². The molecule has 20 heavy (non-hydrogen) atoms. The molecule has 0 radical (unpaired) electrons. The van der Waals surface area contributed by atoms with Crippen LogP contribution in [0.5, 0.6) is 5.75 Å². The zero-order valence-electron chi connectivity index (χ0n) is 11.7. The van der Waals surface area contributed by atoms with Crippen molar-refractivity contribution in [1.82, 2.24) is 4.98 Å². The van der Waals surface area contributed by atoms with Gasteiger partial charge in [-0.25, -0.2) is 0 Å². The Morgan fingerprint density at radius 2 is 1.90 bits per heavy atom. The standard InChI is InChI=1S/C12H16BF3NO2.K/c1-18-10-3-2-4-11(6-10)19-12-5-9(7-17-8-12)13(14,15)16;/h5,7-8,10-11H,2-4,6H2,1H3;/q-1;+1. The summed E-state index contributed by atoms with van der Waals surface area (Å²) in [5.41, 5.74) is -0.725. The van der Waals surface area contributed by atoms with Crippen molar-refractivity contribution >= 4 is 12.4 Å². The minimum atomic E-state index is -5.04. The van der Waals surface area contributed by atoms with E-state index in [0.717, 1.165) is 31.5 Å². The van der Waals surface area contributed by atoms with Gasteiger partial charge >= 0.3 is 58.4 Å². The van der Waals surface area contributed by atoms with Crippen LogP contribution < -0.4 is 61.6 Å². The number of ether oxygens (including phenoxy) is 2. The van der Waals surface area contributed by atoms with Gasteiger partial charge in [-0.3, -0.25) is 4.98 Å². The summed E-state index contributed by atoms with van der Waals surface area (Å²) in [6, 6.07) is 1.02. The van der Waals surface area contributed by atoms with Crippen LogP contribution in [0.25, 0.3) is 0 Å². The number of hydrogen-bond donors (Lipinski definition) is 0. The molecule has 0 aromatic carbocycles. The van der Waals surface area contributed by atoms with Gasteiger partial charge in [0.05, 0.1) is 12.3 Å². The van der Waals surface area contributed by atoms with E-state index in [-0.39, 0.29) is 69.3 Å². The van der Waals surface area contributed by atoms with Gasteiger partial charge in [0.25, 0.3) is 0 Å². The molecular weight excluding hydrogens is 297 g/mol. The van der Waals surface area contributed by atoms with Crippen molar-refractivity contribution in [3.05, 3.63) is 18.5 Å². The predicted octanol–water partition coefficient (Wildman–Crippen LogP) is -0.524. The van der Waals surface area contributed by atoms with Crippen LogP contribution in [0.2, 0.25) is 0 Å². The monoisotopic (exact) mass is 313 g/mol. The second kappa shape index (κ2) is 8.14. The van der Waals surface area contributed by atoms with Crippen molar-refractivity contribution in [2.45, 2.75) is 37.9 Å². The summed E-state index contributed by atoms with van der Waals surface area (Å²) >= 11 is 0. The van der Waals surface area contributed by atoms with Gasteiger partial charge in [-0.2, -0.15) is 0 Å². The molecule has 2 rings (SSSR count). The van der Waals surface area contributed by atoms with E-state index in [2.05, 4.69) is 4.98 Å². The first-order valence-corrected chi connectivity index (χ1v) is 6.33. The molecule has 106 valence electrons. The molecule has 1 fully saturated rings. The summed E-state index contributed by atoms with van der Waals surface area (Å²) in [7, 11) is 1.64. The van der Waals surface area contributed by atoms with Crippen molar-refractivity contribution in [3.8, 4) is 5.75 Å². The van der Waals surface area contributed by atoms with Crippen LogP contribution in [0.3, 0.4) is 0 Å². The van der Waals surface area contributed by atoms with Crippen LogP contribution in [0.4, 0.5) is 12.9 Å². The first kappa shape index (κ1) is 18.5. The third-order valence-electron chi connectivity index (χ3n) is 3.33. The average molecular weight is 313 g/mol. The van der Waals surface area contributed by atoms with E-state index in [1.54, 1.807) is 7.11 Å². The van der Waals surface area contributed by atoms with Crippen molar-refractivity contribution in [2.24, 2.45) is 0 Å². The molecule has 0 saturated heterocycles. The number of aromatic nitrogens is 1. The normalized spacial score (nSPS) is 23.0. The molecule has 2 unspecified atom stereocenters. The second-order valence-corrected chi connectivity index (χ2v) is 4.79. The molecule has 1 saturated carbocycles. The van der Waals surface area contributed by atoms with Crippen LogP contribution in [0, 0.1) is 0 Å². The molecule has 1 aliphatic rings. The first-order valence-electron chi connectivity index (χ1n) is 6.33. The minimum Gasteiger partial charge on any atom is -0.489 e. The number of pyridine rings is 1. The van der Waals surface area contributed by atoms with Gasteiger partial charge in [0.15, 0.2) is 0 Å². The summed E-state index contributed by atoms with van der Waals surface area (Å²) < 4.78 is 48.7. The van der Waals surface area contributed by atoms with Gasteiger partial charge in [0, 0.05) is 19.7 Å². The Bertz CT molecular complexity index is 433. The van der Waals surface area contributed by atoms with E-state index < -0.39 is 12.4 Å². The molecule has 0 bridgehead atoms. The zero-order valence-corrected chi connectivity index (χ0v) is 14.8. The Balaban J connectivity index is 0.00000200. The maximum atomic E-state index is 12.6. The summed E-state index contributed by atoms with van der Waals surface area (Å²) in [6.07, 6.45) is 5.64. The van der Waals surface area contributed by atoms with Crippen molar-refractivity contribution in [2.75, 3.05) is 7.11 Å². The number of nitrogens with zero attached hydrogens (tertiary/aromatic N) is 1. The molecule has 1 aromatic rings. The van der Waals surface area contributed by atoms with Crippen molar-refractivity contribution in [1.29, 1.82) is 0 Å². The summed E-state index contributed by atoms with van der Waals surface area (Å²) in [5.74, 6) is 0.179. The predicted molar refractivity (Wildman–Crippen MR) is 66.6 cm³/mol. The Labute approximate surface area is 159 Å². The van der Waals surface area contributed by atoms with Gasteiger partial charge in [0.2, 0.25) is 0 Å².